The molecule has 4 aromatic rings. The maximum atomic E-state index is 13.5. The molecule has 3 heterocycles. The monoisotopic (exact) mass is 617 g/mol. The lowest BCUT2D eigenvalue weighted by molar-refractivity contribution is -0.107. The molecular weight excluding hydrogens is 583 g/mol. The molecular formula is C31H35N7O3S2. The maximum absolute atomic E-state index is 13.5. The summed E-state index contributed by atoms with van der Waals surface area (Å²) in [5.74, 6) is 0.700. The van der Waals surface area contributed by atoms with Crippen LogP contribution in [-0.4, -0.2) is 75.3 Å². The first-order chi connectivity index (χ1) is 20.7. The van der Waals surface area contributed by atoms with Gasteiger partial charge in [0.25, 0.3) is 0 Å². The summed E-state index contributed by atoms with van der Waals surface area (Å²) in [4.78, 5) is 22.3. The molecule has 0 saturated carbocycles. The molecule has 12 heteroatoms. The topological polar surface area (TPSA) is 116 Å². The first-order valence-corrected chi connectivity index (χ1v) is 16.5. The fourth-order valence-corrected chi connectivity index (χ4v) is 7.94. The molecule has 3 aromatic carbocycles. The highest BCUT2D eigenvalue weighted by molar-refractivity contribution is 7.89. The summed E-state index contributed by atoms with van der Waals surface area (Å²) < 4.78 is 33.3. The van der Waals surface area contributed by atoms with E-state index in [1.165, 1.54) is 21.4 Å². The van der Waals surface area contributed by atoms with Crippen molar-refractivity contribution in [2.45, 2.75) is 23.7 Å². The predicted octanol–water partition coefficient (Wildman–Crippen LogP) is 3.59. The van der Waals surface area contributed by atoms with Crippen molar-refractivity contribution in [3.8, 4) is 0 Å². The Labute approximate surface area is 256 Å². The number of piperazine rings is 1. The summed E-state index contributed by atoms with van der Waals surface area (Å²) >= 11 is 1.35. The minimum absolute atomic E-state index is 0.0487. The Kier molecular flexibility index (Phi) is 8.08. The average molecular weight is 618 g/mol. The Morgan fingerprint density at radius 1 is 0.977 bits per heavy atom. The molecule has 1 amide bonds. The number of nitrogens with zero attached hydrogens (tertiary/aromatic N) is 6. The fourth-order valence-electron chi connectivity index (χ4n) is 5.69. The van der Waals surface area contributed by atoms with Crippen LogP contribution in [0.25, 0.3) is 0 Å². The molecule has 1 unspecified atom stereocenters. The summed E-state index contributed by atoms with van der Waals surface area (Å²) in [7, 11) is 0.402. The van der Waals surface area contributed by atoms with E-state index in [0.29, 0.717) is 44.8 Å². The molecule has 2 aliphatic heterocycles. The normalized spacial score (nSPS) is 16.2. The maximum Gasteiger partial charge on any atom is 0.243 e. The highest BCUT2D eigenvalue weighted by Crippen LogP contribution is 2.33. The number of benzene rings is 3. The van der Waals surface area contributed by atoms with Gasteiger partial charge in [0, 0.05) is 81.3 Å². The van der Waals surface area contributed by atoms with Crippen molar-refractivity contribution in [2.24, 2.45) is 0 Å². The molecule has 2 N–H and O–H groups in total. The smallest absolute Gasteiger partial charge is 0.243 e. The first kappa shape index (κ1) is 29.1. The second kappa shape index (κ2) is 11.9. The Balaban J connectivity index is 1.17. The van der Waals surface area contributed by atoms with Crippen LogP contribution in [0.3, 0.4) is 0 Å². The lowest BCUT2D eigenvalue weighted by Gasteiger charge is -2.33. The van der Waals surface area contributed by atoms with Gasteiger partial charge in [-0.2, -0.15) is 8.68 Å². The Bertz CT molecular complexity index is 1700. The van der Waals surface area contributed by atoms with E-state index >= 15 is 0 Å². The van der Waals surface area contributed by atoms with E-state index in [2.05, 4.69) is 34.1 Å². The number of sulfonamides is 1. The number of aromatic nitrogens is 2. The Morgan fingerprint density at radius 2 is 1.70 bits per heavy atom. The van der Waals surface area contributed by atoms with Crippen LogP contribution >= 0.6 is 11.5 Å². The lowest BCUT2D eigenvalue weighted by atomic mass is 9.91. The molecule has 10 nitrogen and oxygen atoms in total. The molecule has 1 fully saturated rings. The Hall–Kier alpha value is -4.00. The van der Waals surface area contributed by atoms with E-state index < -0.39 is 10.0 Å². The van der Waals surface area contributed by atoms with Crippen molar-refractivity contribution in [3.05, 3.63) is 89.2 Å². The highest BCUT2D eigenvalue weighted by Gasteiger charge is 2.31. The van der Waals surface area contributed by atoms with Crippen LogP contribution in [0, 0.1) is 0 Å². The summed E-state index contributed by atoms with van der Waals surface area (Å²) in [6.07, 6.45) is 2.19. The quantitative estimate of drug-likeness (QED) is 0.224. The number of nitrogen functional groups attached to an aromatic ring is 1. The van der Waals surface area contributed by atoms with Crippen LogP contribution in [0.2, 0.25) is 0 Å². The van der Waals surface area contributed by atoms with Crippen molar-refractivity contribution < 1.29 is 13.2 Å². The number of nitrogens with two attached hydrogens (primary N) is 1. The Morgan fingerprint density at radius 3 is 2.37 bits per heavy atom. The van der Waals surface area contributed by atoms with Gasteiger partial charge < -0.3 is 20.4 Å². The molecule has 224 valence electrons. The molecule has 0 aliphatic carbocycles. The van der Waals surface area contributed by atoms with Crippen molar-refractivity contribution in [1.29, 1.82) is 0 Å². The molecule has 1 aromatic heterocycles. The van der Waals surface area contributed by atoms with Gasteiger partial charge in [-0.1, -0.05) is 24.3 Å². The van der Waals surface area contributed by atoms with Gasteiger partial charge in [0.1, 0.15) is 0 Å². The van der Waals surface area contributed by atoms with Crippen LogP contribution in [0.15, 0.2) is 71.6 Å². The minimum atomic E-state index is -3.65. The zero-order chi connectivity index (χ0) is 30.1. The first-order valence-electron chi connectivity index (χ1n) is 14.3. The number of hydrogen-bond donors (Lipinski definition) is 1. The molecule has 6 rings (SSSR count). The van der Waals surface area contributed by atoms with Gasteiger partial charge in [0.2, 0.25) is 21.6 Å². The van der Waals surface area contributed by atoms with Crippen molar-refractivity contribution >= 4 is 50.2 Å². The van der Waals surface area contributed by atoms with Crippen molar-refractivity contribution in [3.63, 3.8) is 0 Å². The second-order valence-electron chi connectivity index (χ2n) is 11.1. The summed E-state index contributed by atoms with van der Waals surface area (Å²) in [5, 5.41) is 0.793. The number of hydrogen-bond acceptors (Lipinski definition) is 9. The molecule has 1 saturated heterocycles. The second-order valence-corrected chi connectivity index (χ2v) is 13.8. The van der Waals surface area contributed by atoms with Gasteiger partial charge in [0.05, 0.1) is 4.90 Å². The number of carbonyl (C=O) groups is 1. The van der Waals surface area contributed by atoms with E-state index in [4.69, 9.17) is 15.1 Å². The van der Waals surface area contributed by atoms with E-state index in [1.54, 1.807) is 23.1 Å². The largest absolute Gasteiger partial charge is 0.399 e. The predicted molar refractivity (Wildman–Crippen MR) is 172 cm³/mol. The van der Waals surface area contributed by atoms with Gasteiger partial charge in [-0.3, -0.25) is 4.79 Å². The number of fused-ring (bicyclic) bond motifs is 1. The summed E-state index contributed by atoms with van der Waals surface area (Å²) in [6, 6.07) is 21.5. The van der Waals surface area contributed by atoms with Gasteiger partial charge in [-0.25, -0.2) is 13.4 Å². The van der Waals surface area contributed by atoms with Crippen LogP contribution in [0.1, 0.15) is 28.4 Å². The number of rotatable bonds is 9. The zero-order valence-corrected chi connectivity index (χ0v) is 25.9. The summed E-state index contributed by atoms with van der Waals surface area (Å²) in [5.41, 5.74) is 11.8. The molecule has 0 bridgehead atoms. The third-order valence-corrected chi connectivity index (χ3v) is 10.9. The third kappa shape index (κ3) is 5.95. The van der Waals surface area contributed by atoms with E-state index in [-0.39, 0.29) is 10.8 Å². The number of amides is 1. The van der Waals surface area contributed by atoms with Crippen molar-refractivity contribution in [1.82, 2.24) is 13.7 Å². The van der Waals surface area contributed by atoms with E-state index in [1.807, 2.05) is 38.4 Å². The highest BCUT2D eigenvalue weighted by atomic mass is 32.2. The average Bonchev–Trinajstić information content (AvgIpc) is 3.68. The SMILES string of the molecule is CN(C)c1ccc(CC(c2ccc(N)cc2)c2nsc(N3CCN(S(=O)(=O)c4ccc5c(c4)CCN5C=O)CC3)n2)cc1. The summed E-state index contributed by atoms with van der Waals surface area (Å²) in [6.45, 7) is 2.34. The molecule has 43 heavy (non-hydrogen) atoms. The van der Waals surface area contributed by atoms with E-state index in [0.717, 1.165) is 46.3 Å². The van der Waals surface area contributed by atoms with Gasteiger partial charge in [0.15, 0.2) is 5.82 Å². The molecule has 0 radical (unpaired) electrons. The number of carbonyl (C=O) groups excluding carboxylic acids is 1. The molecule has 2 aliphatic rings. The standard InChI is InChI=1S/C31H35N7O3S2/c1-35(2)26-9-3-22(4-10-26)19-28(23-5-7-25(32)8-6-23)30-33-31(42-34-30)36-15-17-38(18-16-36)43(40,41)27-11-12-29-24(20-27)13-14-37(29)21-39/h3-12,20-21,28H,13-19,32H2,1-2H3. The van der Waals surface area contributed by atoms with Crippen LogP contribution in [0.5, 0.6) is 0 Å². The van der Waals surface area contributed by atoms with Crippen molar-refractivity contribution in [2.75, 3.05) is 67.3 Å². The zero-order valence-electron chi connectivity index (χ0n) is 24.3. The fraction of sp³-hybridized carbons (Fsp3) is 0.323. The minimum Gasteiger partial charge on any atom is -0.399 e. The van der Waals surface area contributed by atoms with Gasteiger partial charge in [-0.05, 0) is 72.0 Å². The van der Waals surface area contributed by atoms with Gasteiger partial charge >= 0.3 is 0 Å². The van der Waals surface area contributed by atoms with E-state index in [9.17, 15) is 13.2 Å². The lowest BCUT2D eigenvalue weighted by Crippen LogP contribution is -2.48. The third-order valence-electron chi connectivity index (χ3n) is 8.23. The molecule has 1 atom stereocenters. The van der Waals surface area contributed by atoms with Crippen LogP contribution < -0.4 is 20.4 Å². The number of anilines is 4. The van der Waals surface area contributed by atoms with Crippen LogP contribution in [0.4, 0.5) is 22.2 Å². The molecule has 0 spiro atoms. The van der Waals surface area contributed by atoms with Gasteiger partial charge in [-0.15, -0.1) is 0 Å². The van der Waals surface area contributed by atoms with Crippen LogP contribution in [-0.2, 0) is 27.7 Å².